The number of aryl methyl sites for hydroxylation is 1. The topological polar surface area (TPSA) is 29.5 Å². The highest BCUT2D eigenvalue weighted by atomic mass is 35.5. The van der Waals surface area contributed by atoms with Gasteiger partial charge in [-0.05, 0) is 56.4 Å². The molecule has 1 aliphatic heterocycles. The molecule has 22 heavy (non-hydrogen) atoms. The summed E-state index contributed by atoms with van der Waals surface area (Å²) in [5, 5.41) is 0.630. The highest BCUT2D eigenvalue weighted by Crippen LogP contribution is 2.46. The standard InChI is InChI=1S/C18H24ClNO2/c1-13-9-14(11-15(19)10-13)17(21)20-8-4-7-18(12-20)6-3-5-16(18)22-2/h9-11,16H,3-8,12H2,1-2H3/t16-,18+/m1/s1. The first-order chi connectivity index (χ1) is 10.5. The van der Waals surface area contributed by atoms with Crippen LogP contribution in [-0.4, -0.2) is 37.1 Å². The van der Waals surface area contributed by atoms with Crippen LogP contribution in [0.2, 0.25) is 5.02 Å². The molecule has 3 nitrogen and oxygen atoms in total. The predicted molar refractivity (Wildman–Crippen MR) is 88.4 cm³/mol. The number of halogens is 1. The van der Waals surface area contributed by atoms with E-state index in [2.05, 4.69) is 0 Å². The molecule has 0 N–H and O–H groups in total. The Morgan fingerprint density at radius 1 is 1.32 bits per heavy atom. The lowest BCUT2D eigenvalue weighted by Crippen LogP contribution is -2.49. The summed E-state index contributed by atoms with van der Waals surface area (Å²) in [6, 6.07) is 5.59. The van der Waals surface area contributed by atoms with Crippen LogP contribution in [0, 0.1) is 12.3 Å². The molecule has 1 aromatic carbocycles. The summed E-state index contributed by atoms with van der Waals surface area (Å²) < 4.78 is 5.72. The van der Waals surface area contributed by atoms with Crippen LogP contribution in [0.15, 0.2) is 18.2 Å². The van der Waals surface area contributed by atoms with E-state index in [-0.39, 0.29) is 11.3 Å². The number of nitrogens with zero attached hydrogens (tertiary/aromatic N) is 1. The summed E-state index contributed by atoms with van der Waals surface area (Å²) in [4.78, 5) is 14.9. The molecule has 120 valence electrons. The van der Waals surface area contributed by atoms with Crippen molar-refractivity contribution in [2.75, 3.05) is 20.2 Å². The molecule has 0 unspecified atom stereocenters. The zero-order valence-corrected chi connectivity index (χ0v) is 14.2. The molecule has 1 aliphatic carbocycles. The Balaban J connectivity index is 1.81. The minimum absolute atomic E-state index is 0.103. The molecule has 1 saturated heterocycles. The third-order valence-corrected chi connectivity index (χ3v) is 5.51. The first-order valence-electron chi connectivity index (χ1n) is 8.13. The Morgan fingerprint density at radius 2 is 2.09 bits per heavy atom. The van der Waals surface area contributed by atoms with Gasteiger partial charge < -0.3 is 9.64 Å². The molecule has 2 fully saturated rings. The van der Waals surface area contributed by atoms with Crippen molar-refractivity contribution in [3.05, 3.63) is 34.3 Å². The van der Waals surface area contributed by atoms with Gasteiger partial charge in [-0.1, -0.05) is 18.0 Å². The van der Waals surface area contributed by atoms with Gasteiger partial charge in [0.2, 0.25) is 0 Å². The number of hydrogen-bond acceptors (Lipinski definition) is 2. The second-order valence-electron chi connectivity index (χ2n) is 6.83. The van der Waals surface area contributed by atoms with Crippen molar-refractivity contribution in [3.8, 4) is 0 Å². The number of methoxy groups -OCH3 is 1. The molecule has 1 aromatic rings. The highest BCUT2D eigenvalue weighted by molar-refractivity contribution is 6.31. The van der Waals surface area contributed by atoms with Gasteiger partial charge in [-0.25, -0.2) is 0 Å². The van der Waals surface area contributed by atoms with Crippen molar-refractivity contribution >= 4 is 17.5 Å². The van der Waals surface area contributed by atoms with Gasteiger partial charge in [-0.15, -0.1) is 0 Å². The molecule has 4 heteroatoms. The van der Waals surface area contributed by atoms with Gasteiger partial charge in [-0.3, -0.25) is 4.79 Å². The number of hydrogen-bond donors (Lipinski definition) is 0. The smallest absolute Gasteiger partial charge is 0.253 e. The molecule has 2 atom stereocenters. The number of benzene rings is 1. The monoisotopic (exact) mass is 321 g/mol. The van der Waals surface area contributed by atoms with E-state index in [9.17, 15) is 4.79 Å². The highest BCUT2D eigenvalue weighted by Gasteiger charge is 2.46. The number of carbonyl (C=O) groups excluding carboxylic acids is 1. The number of rotatable bonds is 2. The fourth-order valence-electron chi connectivity index (χ4n) is 4.32. The zero-order chi connectivity index (χ0) is 15.7. The Labute approximate surface area is 137 Å². The van der Waals surface area contributed by atoms with E-state index in [0.29, 0.717) is 16.7 Å². The van der Waals surface area contributed by atoms with Crippen LogP contribution < -0.4 is 0 Å². The SMILES string of the molecule is CO[C@@H]1CCC[C@@]12CCCN(C(=O)c1cc(C)cc(Cl)c1)C2. The van der Waals surface area contributed by atoms with Crippen LogP contribution in [0.3, 0.4) is 0 Å². The maximum absolute atomic E-state index is 12.9. The van der Waals surface area contributed by atoms with Gasteiger partial charge in [0.15, 0.2) is 0 Å². The van der Waals surface area contributed by atoms with E-state index in [1.165, 1.54) is 19.3 Å². The van der Waals surface area contributed by atoms with Crippen molar-refractivity contribution in [2.24, 2.45) is 5.41 Å². The van der Waals surface area contributed by atoms with Crippen LogP contribution in [0.25, 0.3) is 0 Å². The van der Waals surface area contributed by atoms with Crippen molar-refractivity contribution in [3.63, 3.8) is 0 Å². The van der Waals surface area contributed by atoms with Gasteiger partial charge in [0.1, 0.15) is 0 Å². The molecule has 0 radical (unpaired) electrons. The lowest BCUT2D eigenvalue weighted by molar-refractivity contribution is -0.0295. The first-order valence-corrected chi connectivity index (χ1v) is 8.51. The Morgan fingerprint density at radius 3 is 2.82 bits per heavy atom. The second-order valence-corrected chi connectivity index (χ2v) is 7.26. The van der Waals surface area contributed by atoms with Crippen LogP contribution in [0.1, 0.15) is 48.0 Å². The normalized spacial score (nSPS) is 28.3. The maximum Gasteiger partial charge on any atom is 0.253 e. The van der Waals surface area contributed by atoms with Crippen molar-refractivity contribution in [1.29, 1.82) is 0 Å². The van der Waals surface area contributed by atoms with E-state index in [4.69, 9.17) is 16.3 Å². The van der Waals surface area contributed by atoms with Gasteiger partial charge in [0.25, 0.3) is 5.91 Å². The van der Waals surface area contributed by atoms with Crippen LogP contribution in [0.5, 0.6) is 0 Å². The molecular weight excluding hydrogens is 298 g/mol. The molecule has 0 aromatic heterocycles. The summed E-state index contributed by atoms with van der Waals surface area (Å²) in [6.45, 7) is 3.62. The Kier molecular flexibility index (Phi) is 4.47. The fourth-order valence-corrected chi connectivity index (χ4v) is 4.61. The zero-order valence-electron chi connectivity index (χ0n) is 13.4. The van der Waals surface area contributed by atoms with Crippen molar-refractivity contribution < 1.29 is 9.53 Å². The summed E-state index contributed by atoms with van der Waals surface area (Å²) in [5.74, 6) is 0.103. The van der Waals surface area contributed by atoms with E-state index >= 15 is 0 Å². The molecule has 0 bridgehead atoms. The van der Waals surface area contributed by atoms with Crippen LogP contribution in [0.4, 0.5) is 0 Å². The van der Waals surface area contributed by atoms with Gasteiger partial charge in [0.05, 0.1) is 6.10 Å². The fraction of sp³-hybridized carbons (Fsp3) is 0.611. The minimum Gasteiger partial charge on any atom is -0.381 e. The first kappa shape index (κ1) is 15.8. The predicted octanol–water partition coefficient (Wildman–Crippen LogP) is 4.07. The van der Waals surface area contributed by atoms with Crippen LogP contribution >= 0.6 is 11.6 Å². The van der Waals surface area contributed by atoms with Crippen LogP contribution in [-0.2, 0) is 4.74 Å². The Bertz CT molecular complexity index is 554. The van der Waals surface area contributed by atoms with Crippen molar-refractivity contribution in [2.45, 2.75) is 45.1 Å². The van der Waals surface area contributed by atoms with Gasteiger partial charge in [0, 0.05) is 36.2 Å². The lowest BCUT2D eigenvalue weighted by atomic mass is 9.76. The molecule has 1 heterocycles. The quantitative estimate of drug-likeness (QED) is 0.821. The summed E-state index contributed by atoms with van der Waals surface area (Å²) in [6.07, 6.45) is 6.02. The summed E-state index contributed by atoms with van der Waals surface area (Å²) in [7, 11) is 1.80. The third kappa shape index (κ3) is 2.89. The number of piperidine rings is 1. The molecule has 2 aliphatic rings. The lowest BCUT2D eigenvalue weighted by Gasteiger charge is -2.43. The average Bonchev–Trinajstić information content (AvgIpc) is 2.87. The van der Waals surface area contributed by atoms with Gasteiger partial charge in [-0.2, -0.15) is 0 Å². The number of ether oxygens (including phenoxy) is 1. The number of amides is 1. The molecule has 1 amide bonds. The van der Waals surface area contributed by atoms with E-state index in [0.717, 1.165) is 31.5 Å². The Hall–Kier alpha value is -1.06. The average molecular weight is 322 g/mol. The van der Waals surface area contributed by atoms with E-state index in [1.807, 2.05) is 24.0 Å². The largest absolute Gasteiger partial charge is 0.381 e. The number of carbonyl (C=O) groups is 1. The maximum atomic E-state index is 12.9. The summed E-state index contributed by atoms with van der Waals surface area (Å²) in [5.41, 5.74) is 1.89. The summed E-state index contributed by atoms with van der Waals surface area (Å²) >= 11 is 6.11. The molecule has 1 saturated carbocycles. The molecule has 3 rings (SSSR count). The third-order valence-electron chi connectivity index (χ3n) is 5.29. The molecule has 1 spiro atoms. The van der Waals surface area contributed by atoms with E-state index < -0.39 is 0 Å². The number of likely N-dealkylation sites (tertiary alicyclic amines) is 1. The molecular formula is C18H24ClNO2. The minimum atomic E-state index is 0.103. The van der Waals surface area contributed by atoms with Gasteiger partial charge >= 0.3 is 0 Å². The second kappa shape index (κ2) is 6.21. The van der Waals surface area contributed by atoms with E-state index in [1.54, 1.807) is 13.2 Å². The van der Waals surface area contributed by atoms with Crippen molar-refractivity contribution in [1.82, 2.24) is 4.90 Å².